The normalized spacial score (nSPS) is 18.1. The van der Waals surface area contributed by atoms with Crippen molar-refractivity contribution in [3.8, 4) is 0 Å². The maximum atomic E-state index is 12.6. The zero-order chi connectivity index (χ0) is 13.6. The van der Waals surface area contributed by atoms with Crippen LogP contribution in [-0.2, 0) is 9.53 Å². The molecule has 1 heterocycles. The highest BCUT2D eigenvalue weighted by Gasteiger charge is 2.37. The van der Waals surface area contributed by atoms with Crippen molar-refractivity contribution >= 4 is 5.91 Å². The van der Waals surface area contributed by atoms with Crippen LogP contribution >= 0.6 is 0 Å². The fourth-order valence-electron chi connectivity index (χ4n) is 2.80. The molecule has 2 N–H and O–H groups in total. The summed E-state index contributed by atoms with van der Waals surface area (Å²) in [5.41, 5.74) is 5.50. The van der Waals surface area contributed by atoms with Gasteiger partial charge in [0.1, 0.15) is 0 Å². The van der Waals surface area contributed by atoms with Crippen molar-refractivity contribution in [3.05, 3.63) is 0 Å². The lowest BCUT2D eigenvalue weighted by atomic mass is 9.80. The average molecular weight is 256 g/mol. The third-order valence-electron chi connectivity index (χ3n) is 4.50. The van der Waals surface area contributed by atoms with Gasteiger partial charge in [0, 0.05) is 33.4 Å². The maximum Gasteiger partial charge on any atom is 0.230 e. The molecule has 106 valence electrons. The Morgan fingerprint density at radius 3 is 2.28 bits per heavy atom. The number of ether oxygens (including phenoxy) is 1. The van der Waals surface area contributed by atoms with E-state index in [0.29, 0.717) is 12.5 Å². The predicted octanol–water partition coefficient (Wildman–Crippen LogP) is 1.64. The van der Waals surface area contributed by atoms with Gasteiger partial charge in [-0.3, -0.25) is 4.79 Å². The van der Waals surface area contributed by atoms with Gasteiger partial charge < -0.3 is 15.4 Å². The lowest BCUT2D eigenvalue weighted by Gasteiger charge is -2.39. The second-order valence-electron chi connectivity index (χ2n) is 5.38. The lowest BCUT2D eigenvalue weighted by Crippen LogP contribution is -2.50. The van der Waals surface area contributed by atoms with Gasteiger partial charge in [0.15, 0.2) is 0 Å². The fraction of sp³-hybridized carbons (Fsp3) is 0.929. The van der Waals surface area contributed by atoms with Gasteiger partial charge in [0.25, 0.3) is 0 Å². The zero-order valence-electron chi connectivity index (χ0n) is 12.1. The van der Waals surface area contributed by atoms with Gasteiger partial charge in [-0.05, 0) is 31.6 Å². The van der Waals surface area contributed by atoms with Crippen LogP contribution < -0.4 is 5.73 Å². The predicted molar refractivity (Wildman–Crippen MR) is 73.2 cm³/mol. The van der Waals surface area contributed by atoms with E-state index in [4.69, 9.17) is 10.5 Å². The van der Waals surface area contributed by atoms with Crippen LogP contribution in [0.1, 0.15) is 39.5 Å². The molecule has 1 aliphatic rings. The van der Waals surface area contributed by atoms with E-state index in [2.05, 4.69) is 13.8 Å². The Hall–Kier alpha value is -0.610. The smallest absolute Gasteiger partial charge is 0.230 e. The number of piperidine rings is 1. The number of hydrogen-bond acceptors (Lipinski definition) is 3. The number of likely N-dealkylation sites (tertiary alicyclic amines) is 1. The Kier molecular flexibility index (Phi) is 6.09. The highest BCUT2D eigenvalue weighted by atomic mass is 16.5. The summed E-state index contributed by atoms with van der Waals surface area (Å²) in [5.74, 6) is 0.862. The van der Waals surface area contributed by atoms with Gasteiger partial charge in [-0.25, -0.2) is 0 Å². The number of rotatable bonds is 6. The highest BCUT2D eigenvalue weighted by molar-refractivity contribution is 5.83. The minimum atomic E-state index is -0.339. The number of nitrogens with two attached hydrogens (primary N) is 1. The molecule has 0 atom stereocenters. The minimum absolute atomic E-state index is 0.255. The zero-order valence-corrected chi connectivity index (χ0v) is 12.1. The Bertz CT molecular complexity index is 248. The van der Waals surface area contributed by atoms with Gasteiger partial charge in [-0.15, -0.1) is 0 Å². The summed E-state index contributed by atoms with van der Waals surface area (Å²) in [4.78, 5) is 14.6. The third-order valence-corrected chi connectivity index (χ3v) is 4.50. The van der Waals surface area contributed by atoms with Crippen molar-refractivity contribution in [2.45, 2.75) is 39.5 Å². The van der Waals surface area contributed by atoms with Gasteiger partial charge in [0.05, 0.1) is 5.41 Å². The van der Waals surface area contributed by atoms with E-state index in [-0.39, 0.29) is 11.3 Å². The summed E-state index contributed by atoms with van der Waals surface area (Å²) < 4.78 is 5.18. The van der Waals surface area contributed by atoms with Crippen molar-refractivity contribution in [2.75, 3.05) is 33.4 Å². The molecule has 1 rings (SSSR count). The van der Waals surface area contributed by atoms with E-state index >= 15 is 0 Å². The van der Waals surface area contributed by atoms with E-state index in [1.807, 2.05) is 4.90 Å². The molecule has 0 bridgehead atoms. The molecule has 0 aromatic carbocycles. The molecule has 18 heavy (non-hydrogen) atoms. The molecular weight excluding hydrogens is 228 g/mol. The van der Waals surface area contributed by atoms with Crippen LogP contribution in [0.2, 0.25) is 0 Å². The van der Waals surface area contributed by atoms with Crippen molar-refractivity contribution in [1.82, 2.24) is 4.90 Å². The number of carbonyl (C=O) groups excluding carboxylic acids is 1. The first-order chi connectivity index (χ1) is 8.63. The van der Waals surface area contributed by atoms with Gasteiger partial charge in [-0.1, -0.05) is 13.8 Å². The van der Waals surface area contributed by atoms with E-state index in [1.54, 1.807) is 7.11 Å². The van der Waals surface area contributed by atoms with Crippen LogP contribution in [-0.4, -0.2) is 44.2 Å². The Labute approximate surface area is 111 Å². The van der Waals surface area contributed by atoms with E-state index in [0.717, 1.165) is 45.4 Å². The monoisotopic (exact) mass is 256 g/mol. The molecule has 0 aliphatic carbocycles. The largest absolute Gasteiger partial charge is 0.384 e. The molecule has 0 unspecified atom stereocenters. The van der Waals surface area contributed by atoms with Crippen LogP contribution in [0.25, 0.3) is 0 Å². The van der Waals surface area contributed by atoms with Gasteiger partial charge in [0.2, 0.25) is 5.91 Å². The van der Waals surface area contributed by atoms with Gasteiger partial charge >= 0.3 is 0 Å². The fourth-order valence-corrected chi connectivity index (χ4v) is 2.80. The molecule has 0 radical (unpaired) electrons. The first-order valence-electron chi connectivity index (χ1n) is 7.11. The molecule has 4 nitrogen and oxygen atoms in total. The number of amides is 1. The molecular formula is C14H28N2O2. The standard InChI is InChI=1S/C14H28N2O2/c1-4-14(5-2,11-15)13(17)16-8-6-12(7-9-16)10-18-3/h12H,4-11,15H2,1-3H3. The van der Waals surface area contributed by atoms with E-state index < -0.39 is 0 Å². The van der Waals surface area contributed by atoms with E-state index in [9.17, 15) is 4.79 Å². The summed E-state index contributed by atoms with van der Waals surface area (Å²) in [5, 5.41) is 0. The van der Waals surface area contributed by atoms with Crippen molar-refractivity contribution in [2.24, 2.45) is 17.1 Å². The van der Waals surface area contributed by atoms with Crippen LogP contribution in [0.5, 0.6) is 0 Å². The summed E-state index contributed by atoms with van der Waals surface area (Å²) in [6.45, 7) is 7.10. The molecule has 1 amide bonds. The molecule has 0 saturated carbocycles. The number of nitrogens with zero attached hydrogens (tertiary/aromatic N) is 1. The average Bonchev–Trinajstić information content (AvgIpc) is 2.42. The quantitative estimate of drug-likeness (QED) is 0.786. The number of hydrogen-bond donors (Lipinski definition) is 1. The molecule has 1 aliphatic heterocycles. The number of methoxy groups -OCH3 is 1. The highest BCUT2D eigenvalue weighted by Crippen LogP contribution is 2.30. The second kappa shape index (κ2) is 7.10. The molecule has 0 aromatic heterocycles. The van der Waals surface area contributed by atoms with E-state index in [1.165, 1.54) is 0 Å². The van der Waals surface area contributed by atoms with Crippen LogP contribution in [0.15, 0.2) is 0 Å². The summed E-state index contributed by atoms with van der Waals surface area (Å²) in [6, 6.07) is 0. The summed E-state index contributed by atoms with van der Waals surface area (Å²) in [6.07, 6.45) is 3.76. The Morgan fingerprint density at radius 2 is 1.89 bits per heavy atom. The summed E-state index contributed by atoms with van der Waals surface area (Å²) >= 11 is 0. The van der Waals surface area contributed by atoms with Crippen LogP contribution in [0.3, 0.4) is 0 Å². The van der Waals surface area contributed by atoms with Crippen LogP contribution in [0, 0.1) is 11.3 Å². The topological polar surface area (TPSA) is 55.6 Å². The molecule has 1 fully saturated rings. The first kappa shape index (κ1) is 15.4. The first-order valence-corrected chi connectivity index (χ1v) is 7.11. The number of carbonyl (C=O) groups is 1. The minimum Gasteiger partial charge on any atom is -0.384 e. The Morgan fingerprint density at radius 1 is 1.33 bits per heavy atom. The molecule has 1 saturated heterocycles. The summed E-state index contributed by atoms with van der Waals surface area (Å²) in [7, 11) is 1.74. The molecule has 0 spiro atoms. The van der Waals surface area contributed by atoms with Crippen LogP contribution in [0.4, 0.5) is 0 Å². The van der Waals surface area contributed by atoms with Crippen molar-refractivity contribution in [3.63, 3.8) is 0 Å². The van der Waals surface area contributed by atoms with Gasteiger partial charge in [-0.2, -0.15) is 0 Å². The molecule has 0 aromatic rings. The Balaban J connectivity index is 2.58. The third kappa shape index (κ3) is 3.23. The van der Waals surface area contributed by atoms with Crippen molar-refractivity contribution in [1.29, 1.82) is 0 Å². The maximum absolute atomic E-state index is 12.6. The molecule has 4 heteroatoms. The van der Waals surface area contributed by atoms with Crippen molar-refractivity contribution < 1.29 is 9.53 Å². The lowest BCUT2D eigenvalue weighted by molar-refractivity contribution is -0.143. The SMILES string of the molecule is CCC(CC)(CN)C(=O)N1CCC(COC)CC1. The second-order valence-corrected chi connectivity index (χ2v) is 5.38.